The normalized spacial score (nSPS) is 15.2. The van der Waals surface area contributed by atoms with Gasteiger partial charge in [0.25, 0.3) is 5.91 Å². The van der Waals surface area contributed by atoms with E-state index in [1.54, 1.807) is 29.2 Å². The molecule has 9 heteroatoms. The third-order valence-corrected chi connectivity index (χ3v) is 6.43. The SMILES string of the molecule is C[C@H](NS(=O)(=O)c1ccc(Cl)cc1)C(=O)Nc1cccc(C(=O)N2CCCC2)c1. The molecule has 0 aliphatic carbocycles. The predicted molar refractivity (Wildman–Crippen MR) is 111 cm³/mol. The van der Waals surface area contributed by atoms with Crippen molar-refractivity contribution < 1.29 is 18.0 Å². The Labute approximate surface area is 175 Å². The van der Waals surface area contributed by atoms with Crippen molar-refractivity contribution in [2.75, 3.05) is 18.4 Å². The summed E-state index contributed by atoms with van der Waals surface area (Å²) in [5, 5.41) is 3.07. The van der Waals surface area contributed by atoms with E-state index >= 15 is 0 Å². The first kappa shape index (κ1) is 21.3. The quantitative estimate of drug-likeness (QED) is 0.729. The molecule has 1 atom stereocenters. The molecule has 0 spiro atoms. The number of amides is 2. The number of carbonyl (C=O) groups is 2. The number of carbonyl (C=O) groups excluding carboxylic acids is 2. The average molecular weight is 436 g/mol. The Morgan fingerprint density at radius 2 is 1.72 bits per heavy atom. The highest BCUT2D eigenvalue weighted by Crippen LogP contribution is 2.17. The average Bonchev–Trinajstić information content (AvgIpc) is 3.22. The molecule has 29 heavy (non-hydrogen) atoms. The third-order valence-electron chi connectivity index (χ3n) is 4.62. The van der Waals surface area contributed by atoms with Crippen molar-refractivity contribution in [3.63, 3.8) is 0 Å². The van der Waals surface area contributed by atoms with Gasteiger partial charge in [0, 0.05) is 29.4 Å². The lowest BCUT2D eigenvalue weighted by Crippen LogP contribution is -2.41. The first-order valence-electron chi connectivity index (χ1n) is 9.24. The fourth-order valence-electron chi connectivity index (χ4n) is 3.05. The number of sulfonamides is 1. The van der Waals surface area contributed by atoms with Gasteiger partial charge < -0.3 is 10.2 Å². The van der Waals surface area contributed by atoms with Crippen LogP contribution in [0.5, 0.6) is 0 Å². The summed E-state index contributed by atoms with van der Waals surface area (Å²) in [6, 6.07) is 11.3. The Kier molecular flexibility index (Phi) is 6.56. The number of anilines is 1. The zero-order valence-corrected chi connectivity index (χ0v) is 17.5. The van der Waals surface area contributed by atoms with E-state index in [0.29, 0.717) is 16.3 Å². The number of benzene rings is 2. The first-order chi connectivity index (χ1) is 13.8. The second-order valence-electron chi connectivity index (χ2n) is 6.87. The van der Waals surface area contributed by atoms with E-state index in [4.69, 9.17) is 11.6 Å². The third kappa shape index (κ3) is 5.35. The van der Waals surface area contributed by atoms with Crippen molar-refractivity contribution in [3.8, 4) is 0 Å². The number of likely N-dealkylation sites (tertiary alicyclic amines) is 1. The molecule has 0 radical (unpaired) electrons. The Balaban J connectivity index is 1.65. The fourth-order valence-corrected chi connectivity index (χ4v) is 4.38. The predicted octanol–water partition coefficient (Wildman–Crippen LogP) is 2.88. The Hall–Kier alpha value is -2.42. The molecule has 0 unspecified atom stereocenters. The number of halogens is 1. The lowest BCUT2D eigenvalue weighted by Gasteiger charge is -2.17. The molecule has 1 aliphatic rings. The summed E-state index contributed by atoms with van der Waals surface area (Å²) in [4.78, 5) is 26.8. The van der Waals surface area contributed by atoms with Crippen LogP contribution in [0, 0.1) is 0 Å². The van der Waals surface area contributed by atoms with Crippen LogP contribution in [0.4, 0.5) is 5.69 Å². The number of nitrogens with zero attached hydrogens (tertiary/aromatic N) is 1. The summed E-state index contributed by atoms with van der Waals surface area (Å²) < 4.78 is 27.2. The summed E-state index contributed by atoms with van der Waals surface area (Å²) in [7, 11) is -3.88. The minimum absolute atomic E-state index is 0.0137. The lowest BCUT2D eigenvalue weighted by atomic mass is 10.1. The maximum Gasteiger partial charge on any atom is 0.253 e. The van der Waals surface area contributed by atoms with E-state index in [9.17, 15) is 18.0 Å². The van der Waals surface area contributed by atoms with Gasteiger partial charge in [-0.05, 0) is 62.2 Å². The molecule has 1 aliphatic heterocycles. The summed E-state index contributed by atoms with van der Waals surface area (Å²) in [6.07, 6.45) is 1.99. The highest BCUT2D eigenvalue weighted by atomic mass is 35.5. The molecule has 2 amide bonds. The molecule has 2 N–H and O–H groups in total. The molecular formula is C20H22ClN3O4S. The van der Waals surface area contributed by atoms with Gasteiger partial charge in [0.15, 0.2) is 0 Å². The molecule has 0 saturated carbocycles. The Morgan fingerprint density at radius 1 is 1.07 bits per heavy atom. The van der Waals surface area contributed by atoms with Gasteiger partial charge in [-0.1, -0.05) is 17.7 Å². The van der Waals surface area contributed by atoms with E-state index in [1.807, 2.05) is 0 Å². The maximum atomic E-state index is 12.5. The van der Waals surface area contributed by atoms with Gasteiger partial charge in [-0.3, -0.25) is 9.59 Å². The minimum atomic E-state index is -3.88. The van der Waals surface area contributed by atoms with E-state index in [0.717, 1.165) is 25.9 Å². The van der Waals surface area contributed by atoms with Gasteiger partial charge in [-0.25, -0.2) is 8.42 Å². The lowest BCUT2D eigenvalue weighted by molar-refractivity contribution is -0.117. The maximum absolute atomic E-state index is 12.5. The molecule has 1 saturated heterocycles. The van der Waals surface area contributed by atoms with Gasteiger partial charge in [0.2, 0.25) is 15.9 Å². The van der Waals surface area contributed by atoms with E-state index in [-0.39, 0.29) is 10.8 Å². The van der Waals surface area contributed by atoms with Crippen molar-refractivity contribution in [1.82, 2.24) is 9.62 Å². The van der Waals surface area contributed by atoms with E-state index in [1.165, 1.54) is 31.2 Å². The summed E-state index contributed by atoms with van der Waals surface area (Å²) in [6.45, 7) is 2.92. The van der Waals surface area contributed by atoms with Crippen LogP contribution in [0.2, 0.25) is 5.02 Å². The molecule has 0 bridgehead atoms. The second-order valence-corrected chi connectivity index (χ2v) is 9.02. The standard InChI is InChI=1S/C20H22ClN3O4S/c1-14(23-29(27,28)18-9-7-16(21)8-10-18)19(25)22-17-6-4-5-15(13-17)20(26)24-11-2-3-12-24/h4-10,13-14,23H,2-3,11-12H2,1H3,(H,22,25)/t14-/m0/s1. The molecule has 1 fully saturated rings. The molecule has 1 heterocycles. The number of rotatable bonds is 6. The van der Waals surface area contributed by atoms with Crippen molar-refractivity contribution >= 4 is 39.1 Å². The van der Waals surface area contributed by atoms with Crippen molar-refractivity contribution in [2.45, 2.75) is 30.7 Å². The Bertz CT molecular complexity index is 1000. The molecule has 2 aromatic carbocycles. The van der Waals surface area contributed by atoms with Crippen molar-refractivity contribution in [1.29, 1.82) is 0 Å². The highest BCUT2D eigenvalue weighted by Gasteiger charge is 2.23. The summed E-state index contributed by atoms with van der Waals surface area (Å²) in [5.41, 5.74) is 0.914. The van der Waals surface area contributed by atoms with Crippen LogP contribution < -0.4 is 10.0 Å². The highest BCUT2D eigenvalue weighted by molar-refractivity contribution is 7.89. The molecule has 154 valence electrons. The largest absolute Gasteiger partial charge is 0.339 e. The van der Waals surface area contributed by atoms with Crippen LogP contribution >= 0.6 is 11.6 Å². The monoisotopic (exact) mass is 435 g/mol. The molecule has 2 aromatic rings. The Morgan fingerprint density at radius 3 is 2.38 bits per heavy atom. The van der Waals surface area contributed by atoms with Crippen LogP contribution in [0.15, 0.2) is 53.4 Å². The molecule has 0 aromatic heterocycles. The topological polar surface area (TPSA) is 95.6 Å². The first-order valence-corrected chi connectivity index (χ1v) is 11.1. The second kappa shape index (κ2) is 8.94. The zero-order chi connectivity index (χ0) is 21.0. The van der Waals surface area contributed by atoms with Crippen LogP contribution in [0.25, 0.3) is 0 Å². The van der Waals surface area contributed by atoms with Gasteiger partial charge in [-0.15, -0.1) is 0 Å². The van der Waals surface area contributed by atoms with Gasteiger partial charge in [0.1, 0.15) is 0 Å². The molecular weight excluding hydrogens is 414 g/mol. The van der Waals surface area contributed by atoms with Gasteiger partial charge >= 0.3 is 0 Å². The van der Waals surface area contributed by atoms with Crippen LogP contribution in [-0.2, 0) is 14.8 Å². The minimum Gasteiger partial charge on any atom is -0.339 e. The van der Waals surface area contributed by atoms with Crippen molar-refractivity contribution in [3.05, 3.63) is 59.1 Å². The molecule has 3 rings (SSSR count). The smallest absolute Gasteiger partial charge is 0.253 e. The zero-order valence-electron chi connectivity index (χ0n) is 15.9. The van der Waals surface area contributed by atoms with Crippen LogP contribution in [-0.4, -0.2) is 44.3 Å². The summed E-state index contributed by atoms with van der Waals surface area (Å²) >= 11 is 5.78. The fraction of sp³-hybridized carbons (Fsp3) is 0.300. The van der Waals surface area contributed by atoms with Crippen LogP contribution in [0.3, 0.4) is 0 Å². The van der Waals surface area contributed by atoms with Crippen LogP contribution in [0.1, 0.15) is 30.1 Å². The van der Waals surface area contributed by atoms with Crippen molar-refractivity contribution in [2.24, 2.45) is 0 Å². The van der Waals surface area contributed by atoms with E-state index in [2.05, 4.69) is 10.0 Å². The summed E-state index contributed by atoms with van der Waals surface area (Å²) in [5.74, 6) is -0.608. The number of hydrogen-bond acceptors (Lipinski definition) is 4. The van der Waals surface area contributed by atoms with Gasteiger partial charge in [0.05, 0.1) is 10.9 Å². The molecule has 7 nitrogen and oxygen atoms in total. The number of hydrogen-bond donors (Lipinski definition) is 2. The number of nitrogens with one attached hydrogen (secondary N) is 2. The van der Waals surface area contributed by atoms with Gasteiger partial charge in [-0.2, -0.15) is 4.72 Å². The van der Waals surface area contributed by atoms with E-state index < -0.39 is 22.0 Å².